The minimum Gasteiger partial charge on any atom is -0.327 e. The maximum absolute atomic E-state index is 5.50. The molecule has 0 amide bonds. The Morgan fingerprint density at radius 2 is 2.16 bits per heavy atom. The van der Waals surface area contributed by atoms with Crippen molar-refractivity contribution in [2.75, 3.05) is 6.54 Å². The topological polar surface area (TPSA) is 26.0 Å². The monoisotopic (exact) mass is 255 g/mol. The van der Waals surface area contributed by atoms with Crippen LogP contribution in [0.4, 0.5) is 0 Å². The summed E-state index contributed by atoms with van der Waals surface area (Å²) in [6, 6.07) is 0. The van der Waals surface area contributed by atoms with Gasteiger partial charge in [-0.1, -0.05) is 60.8 Å². The highest BCUT2D eigenvalue weighted by Gasteiger charge is 2.08. The first kappa shape index (κ1) is 15.5. The molecule has 0 aromatic heterocycles. The number of rotatable bonds is 6. The molecule has 0 bridgehead atoms. The van der Waals surface area contributed by atoms with E-state index in [2.05, 4.69) is 55.5 Å². The standard InChI is InChI=1S/C18H25N/c1-3-5-6-7-9-16-11-13-18(14-12-16)17(4-2)10-8-15-19/h3-8,10-11,13-14,16H,9,12,15,19H2,1-2H3/b5-3-,7-6-,10-8-,17-4+. The minimum absolute atomic E-state index is 0.590. The number of hydrogen-bond donors (Lipinski definition) is 1. The molecule has 0 heterocycles. The van der Waals surface area contributed by atoms with Gasteiger partial charge in [0.15, 0.2) is 0 Å². The molecule has 0 saturated heterocycles. The third-order valence-electron chi connectivity index (χ3n) is 3.14. The van der Waals surface area contributed by atoms with Crippen LogP contribution in [0.15, 0.2) is 71.9 Å². The Labute approximate surface area is 117 Å². The van der Waals surface area contributed by atoms with E-state index in [4.69, 9.17) is 5.73 Å². The molecule has 1 unspecified atom stereocenters. The van der Waals surface area contributed by atoms with Gasteiger partial charge in [-0.05, 0) is 43.8 Å². The summed E-state index contributed by atoms with van der Waals surface area (Å²) >= 11 is 0. The van der Waals surface area contributed by atoms with Crippen molar-refractivity contribution in [2.24, 2.45) is 11.7 Å². The second-order valence-electron chi connectivity index (χ2n) is 4.59. The molecule has 0 spiro atoms. The third kappa shape index (κ3) is 5.71. The van der Waals surface area contributed by atoms with E-state index < -0.39 is 0 Å². The fourth-order valence-electron chi connectivity index (χ4n) is 2.05. The maximum atomic E-state index is 5.50. The van der Waals surface area contributed by atoms with Gasteiger partial charge in [-0.2, -0.15) is 0 Å². The molecule has 1 heteroatoms. The second-order valence-corrected chi connectivity index (χ2v) is 4.59. The lowest BCUT2D eigenvalue weighted by molar-refractivity contribution is 0.666. The first-order valence-electron chi connectivity index (χ1n) is 7.01. The maximum Gasteiger partial charge on any atom is 0.0110 e. The molecule has 1 aliphatic carbocycles. The molecular weight excluding hydrogens is 230 g/mol. The van der Waals surface area contributed by atoms with E-state index in [9.17, 15) is 0 Å². The van der Waals surface area contributed by atoms with Gasteiger partial charge >= 0.3 is 0 Å². The van der Waals surface area contributed by atoms with Crippen LogP contribution in [0.2, 0.25) is 0 Å². The van der Waals surface area contributed by atoms with Gasteiger partial charge in [0.2, 0.25) is 0 Å². The van der Waals surface area contributed by atoms with Crippen LogP contribution in [0.5, 0.6) is 0 Å². The van der Waals surface area contributed by atoms with Gasteiger partial charge < -0.3 is 5.73 Å². The molecule has 0 saturated carbocycles. The second kappa shape index (κ2) is 9.35. The van der Waals surface area contributed by atoms with E-state index in [1.54, 1.807) is 0 Å². The lowest BCUT2D eigenvalue weighted by Gasteiger charge is -2.15. The van der Waals surface area contributed by atoms with Crippen molar-refractivity contribution in [3.63, 3.8) is 0 Å². The normalized spacial score (nSPS) is 20.9. The predicted octanol–water partition coefficient (Wildman–Crippen LogP) is 4.47. The molecule has 0 aromatic carbocycles. The first-order chi connectivity index (χ1) is 9.31. The highest BCUT2D eigenvalue weighted by molar-refractivity contribution is 5.47. The Hall–Kier alpha value is -1.60. The van der Waals surface area contributed by atoms with Gasteiger partial charge in [-0.15, -0.1) is 0 Å². The fourth-order valence-corrected chi connectivity index (χ4v) is 2.05. The van der Waals surface area contributed by atoms with Crippen molar-refractivity contribution in [2.45, 2.75) is 26.7 Å². The lowest BCUT2D eigenvalue weighted by Crippen LogP contribution is -2.00. The van der Waals surface area contributed by atoms with E-state index in [0.717, 1.165) is 12.8 Å². The summed E-state index contributed by atoms with van der Waals surface area (Å²) in [6.45, 7) is 4.69. The molecule has 19 heavy (non-hydrogen) atoms. The van der Waals surface area contributed by atoms with Crippen molar-refractivity contribution in [3.05, 3.63) is 71.9 Å². The molecule has 2 N–H and O–H groups in total. The van der Waals surface area contributed by atoms with Crippen LogP contribution in [0.3, 0.4) is 0 Å². The van der Waals surface area contributed by atoms with E-state index in [-0.39, 0.29) is 0 Å². The van der Waals surface area contributed by atoms with Gasteiger partial charge in [0.1, 0.15) is 0 Å². The van der Waals surface area contributed by atoms with Gasteiger partial charge in [-0.25, -0.2) is 0 Å². The van der Waals surface area contributed by atoms with Crippen LogP contribution in [0, 0.1) is 5.92 Å². The summed E-state index contributed by atoms with van der Waals surface area (Å²) < 4.78 is 0. The smallest absolute Gasteiger partial charge is 0.0110 e. The fraction of sp³-hybridized carbons (Fsp3) is 0.333. The van der Waals surface area contributed by atoms with E-state index >= 15 is 0 Å². The first-order valence-corrected chi connectivity index (χ1v) is 7.01. The summed E-state index contributed by atoms with van der Waals surface area (Å²) in [5, 5.41) is 0. The minimum atomic E-state index is 0.590. The van der Waals surface area contributed by atoms with E-state index in [0.29, 0.717) is 12.5 Å². The molecule has 1 rings (SSSR count). The highest BCUT2D eigenvalue weighted by atomic mass is 14.5. The quantitative estimate of drug-likeness (QED) is 0.696. The van der Waals surface area contributed by atoms with Crippen molar-refractivity contribution >= 4 is 0 Å². The molecule has 0 aromatic rings. The highest BCUT2D eigenvalue weighted by Crippen LogP contribution is 2.24. The zero-order valence-electron chi connectivity index (χ0n) is 12.0. The summed E-state index contributed by atoms with van der Waals surface area (Å²) in [5.41, 5.74) is 8.06. The largest absolute Gasteiger partial charge is 0.327 e. The van der Waals surface area contributed by atoms with Crippen LogP contribution in [-0.2, 0) is 0 Å². The molecule has 0 aliphatic heterocycles. The summed E-state index contributed by atoms with van der Waals surface area (Å²) in [4.78, 5) is 0. The molecule has 1 nitrogen and oxygen atoms in total. The number of nitrogens with two attached hydrogens (primary N) is 1. The predicted molar refractivity (Wildman–Crippen MR) is 85.9 cm³/mol. The lowest BCUT2D eigenvalue weighted by atomic mass is 9.90. The summed E-state index contributed by atoms with van der Waals surface area (Å²) in [5.74, 6) is 0.627. The van der Waals surface area contributed by atoms with E-state index in [1.807, 2.05) is 19.1 Å². The van der Waals surface area contributed by atoms with Gasteiger partial charge in [0.05, 0.1) is 0 Å². The van der Waals surface area contributed by atoms with Gasteiger partial charge in [-0.3, -0.25) is 0 Å². The van der Waals surface area contributed by atoms with Crippen molar-refractivity contribution in [3.8, 4) is 0 Å². The van der Waals surface area contributed by atoms with E-state index in [1.165, 1.54) is 11.1 Å². The van der Waals surface area contributed by atoms with Crippen molar-refractivity contribution in [1.82, 2.24) is 0 Å². The van der Waals surface area contributed by atoms with Crippen LogP contribution >= 0.6 is 0 Å². The Balaban J connectivity index is 2.54. The molecule has 1 aliphatic rings. The van der Waals surface area contributed by atoms with Crippen LogP contribution < -0.4 is 5.73 Å². The van der Waals surface area contributed by atoms with Gasteiger partial charge in [0, 0.05) is 6.54 Å². The number of allylic oxidation sites excluding steroid dienone is 11. The zero-order valence-corrected chi connectivity index (χ0v) is 12.0. The van der Waals surface area contributed by atoms with Crippen LogP contribution in [-0.4, -0.2) is 6.54 Å². The van der Waals surface area contributed by atoms with Crippen molar-refractivity contribution < 1.29 is 0 Å². The molecular formula is C18H25N. The molecule has 102 valence electrons. The zero-order chi connectivity index (χ0) is 13.9. The average molecular weight is 255 g/mol. The molecule has 1 atom stereocenters. The summed E-state index contributed by atoms with van der Waals surface area (Å²) in [6.07, 6.45) is 23.8. The SMILES string of the molecule is C/C=C\C=C/CC1C=CC(C(/C=C\CN)=C/C)=CC1. The molecule has 0 fully saturated rings. The van der Waals surface area contributed by atoms with Crippen molar-refractivity contribution in [1.29, 1.82) is 0 Å². The Bertz CT molecular complexity index is 431. The average Bonchev–Trinajstić information content (AvgIpc) is 2.46. The summed E-state index contributed by atoms with van der Waals surface area (Å²) in [7, 11) is 0. The Morgan fingerprint density at radius 1 is 1.32 bits per heavy atom. The molecule has 0 radical (unpaired) electrons. The van der Waals surface area contributed by atoms with Crippen LogP contribution in [0.1, 0.15) is 26.7 Å². The van der Waals surface area contributed by atoms with Gasteiger partial charge in [0.25, 0.3) is 0 Å². The third-order valence-corrected chi connectivity index (χ3v) is 3.14. The number of hydrogen-bond acceptors (Lipinski definition) is 1. The Morgan fingerprint density at radius 3 is 2.74 bits per heavy atom. The van der Waals surface area contributed by atoms with Crippen LogP contribution in [0.25, 0.3) is 0 Å². The Kier molecular flexibility index (Phi) is 7.60.